The second-order valence-electron chi connectivity index (χ2n) is 2.91. The fourth-order valence-electron chi connectivity index (χ4n) is 1.19. The third-order valence-electron chi connectivity index (χ3n) is 1.93. The molecule has 0 aliphatic rings. The summed E-state index contributed by atoms with van der Waals surface area (Å²) in [5.74, 6) is 0.725. The van der Waals surface area contributed by atoms with Gasteiger partial charge < -0.3 is 9.84 Å². The Morgan fingerprint density at radius 2 is 2.21 bits per heavy atom. The maximum Gasteiger partial charge on any atom is 0.134 e. The first kappa shape index (κ1) is 11.8. The molecule has 0 heterocycles. The summed E-state index contributed by atoms with van der Waals surface area (Å²) in [4.78, 5) is 0. The normalized spacial score (nSPS) is 10.3. The summed E-state index contributed by atoms with van der Waals surface area (Å²) in [6, 6.07) is 3.70. The van der Waals surface area contributed by atoms with Crippen molar-refractivity contribution >= 4 is 27.5 Å². The van der Waals surface area contributed by atoms with Crippen molar-refractivity contribution in [3.63, 3.8) is 0 Å². The molecule has 1 rings (SSSR count). The Labute approximate surface area is 97.0 Å². The molecule has 0 saturated carbocycles. The van der Waals surface area contributed by atoms with Gasteiger partial charge >= 0.3 is 0 Å². The molecular weight excluding hydrogens is 267 g/mol. The molecule has 0 radical (unpaired) electrons. The monoisotopic (exact) mass is 278 g/mol. The minimum atomic E-state index is 0.181. The van der Waals surface area contributed by atoms with Crippen LogP contribution in [-0.4, -0.2) is 18.8 Å². The molecule has 0 bridgehead atoms. The summed E-state index contributed by atoms with van der Waals surface area (Å²) in [6.45, 7) is 0.181. The first-order valence-electron chi connectivity index (χ1n) is 4.31. The highest BCUT2D eigenvalue weighted by atomic mass is 79.9. The van der Waals surface area contributed by atoms with Crippen molar-refractivity contribution in [2.24, 2.45) is 0 Å². The zero-order chi connectivity index (χ0) is 10.6. The lowest BCUT2D eigenvalue weighted by molar-refractivity contribution is 0.288. The first-order valence-corrected chi connectivity index (χ1v) is 5.49. The summed E-state index contributed by atoms with van der Waals surface area (Å²) in [6.07, 6.45) is 1.50. The zero-order valence-electron chi connectivity index (χ0n) is 7.89. The number of halogens is 2. The predicted octanol–water partition coefficient (Wildman–Crippen LogP) is 3.04. The zero-order valence-corrected chi connectivity index (χ0v) is 10.2. The maximum atomic E-state index is 8.71. The lowest BCUT2D eigenvalue weighted by atomic mass is 10.1. The smallest absolute Gasteiger partial charge is 0.134 e. The Morgan fingerprint density at radius 1 is 1.50 bits per heavy atom. The molecule has 0 spiro atoms. The van der Waals surface area contributed by atoms with Crippen LogP contribution >= 0.6 is 27.5 Å². The number of aliphatic hydroxyl groups is 1. The third-order valence-corrected chi connectivity index (χ3v) is 2.90. The first-order chi connectivity index (χ1) is 6.69. The fraction of sp³-hybridized carbons (Fsp3) is 0.400. The second kappa shape index (κ2) is 5.59. The van der Waals surface area contributed by atoms with Gasteiger partial charge in [0.1, 0.15) is 5.75 Å². The number of hydrogen-bond donors (Lipinski definition) is 1. The largest absolute Gasteiger partial charge is 0.496 e. The van der Waals surface area contributed by atoms with Gasteiger partial charge in [-0.25, -0.2) is 0 Å². The summed E-state index contributed by atoms with van der Waals surface area (Å²) in [5.41, 5.74) is 1.02. The van der Waals surface area contributed by atoms with Crippen LogP contribution in [0.3, 0.4) is 0 Å². The van der Waals surface area contributed by atoms with Crippen LogP contribution < -0.4 is 4.74 Å². The van der Waals surface area contributed by atoms with Crippen molar-refractivity contribution in [1.82, 2.24) is 0 Å². The van der Waals surface area contributed by atoms with Crippen LogP contribution in [0.4, 0.5) is 0 Å². The lowest BCUT2D eigenvalue weighted by Crippen LogP contribution is -1.93. The van der Waals surface area contributed by atoms with Crippen LogP contribution in [0.5, 0.6) is 5.75 Å². The molecule has 14 heavy (non-hydrogen) atoms. The van der Waals surface area contributed by atoms with Gasteiger partial charge in [-0.15, -0.1) is 0 Å². The third kappa shape index (κ3) is 2.87. The summed E-state index contributed by atoms with van der Waals surface area (Å²) in [7, 11) is 1.60. The molecule has 0 unspecified atom stereocenters. The van der Waals surface area contributed by atoms with Crippen molar-refractivity contribution in [3.05, 3.63) is 27.2 Å². The van der Waals surface area contributed by atoms with Gasteiger partial charge in [-0.05, 0) is 40.4 Å². The Hall–Kier alpha value is -0.250. The van der Waals surface area contributed by atoms with Gasteiger partial charge in [0.05, 0.1) is 11.6 Å². The van der Waals surface area contributed by atoms with Crippen LogP contribution in [0.1, 0.15) is 12.0 Å². The van der Waals surface area contributed by atoms with E-state index in [0.717, 1.165) is 28.6 Å². The van der Waals surface area contributed by atoms with Crippen molar-refractivity contribution in [1.29, 1.82) is 0 Å². The number of rotatable bonds is 4. The van der Waals surface area contributed by atoms with Crippen LogP contribution in [0.2, 0.25) is 5.02 Å². The van der Waals surface area contributed by atoms with Crippen molar-refractivity contribution in [2.45, 2.75) is 12.8 Å². The van der Waals surface area contributed by atoms with E-state index in [2.05, 4.69) is 15.9 Å². The molecule has 0 saturated heterocycles. The molecule has 2 nitrogen and oxygen atoms in total. The van der Waals surface area contributed by atoms with Crippen LogP contribution in [0, 0.1) is 0 Å². The molecule has 0 amide bonds. The van der Waals surface area contributed by atoms with E-state index in [-0.39, 0.29) is 6.61 Å². The highest BCUT2D eigenvalue weighted by Gasteiger charge is 2.06. The number of methoxy groups -OCH3 is 1. The molecule has 0 aromatic heterocycles. The van der Waals surface area contributed by atoms with Gasteiger partial charge in [-0.2, -0.15) is 0 Å². The molecular formula is C10H12BrClO2. The molecule has 1 N–H and O–H groups in total. The van der Waals surface area contributed by atoms with E-state index in [1.807, 2.05) is 6.07 Å². The lowest BCUT2D eigenvalue weighted by Gasteiger charge is -2.08. The van der Waals surface area contributed by atoms with Gasteiger partial charge in [0.25, 0.3) is 0 Å². The van der Waals surface area contributed by atoms with Gasteiger partial charge in [-0.3, -0.25) is 0 Å². The average molecular weight is 280 g/mol. The van der Waals surface area contributed by atoms with E-state index in [9.17, 15) is 0 Å². The fourth-order valence-corrected chi connectivity index (χ4v) is 1.99. The van der Waals surface area contributed by atoms with Crippen LogP contribution in [-0.2, 0) is 6.42 Å². The second-order valence-corrected chi connectivity index (χ2v) is 4.17. The average Bonchev–Trinajstić information content (AvgIpc) is 2.18. The molecule has 1 aromatic rings. The van der Waals surface area contributed by atoms with E-state index < -0.39 is 0 Å². The molecule has 0 atom stereocenters. The van der Waals surface area contributed by atoms with Crippen LogP contribution in [0.25, 0.3) is 0 Å². The molecule has 0 aliphatic heterocycles. The van der Waals surface area contributed by atoms with E-state index >= 15 is 0 Å². The molecule has 4 heteroatoms. The molecule has 0 aliphatic carbocycles. The van der Waals surface area contributed by atoms with Crippen molar-refractivity contribution < 1.29 is 9.84 Å². The summed E-state index contributed by atoms with van der Waals surface area (Å²) in [5, 5.41) is 9.39. The number of aryl methyl sites for hydroxylation is 1. The predicted molar refractivity (Wildman–Crippen MR) is 61.1 cm³/mol. The molecule has 0 fully saturated rings. The molecule has 78 valence electrons. The SMILES string of the molecule is COc1cc(Cl)c(CCCO)cc1Br. The van der Waals surface area contributed by atoms with Crippen molar-refractivity contribution in [2.75, 3.05) is 13.7 Å². The van der Waals surface area contributed by atoms with Gasteiger partial charge in [0, 0.05) is 17.7 Å². The number of ether oxygens (including phenoxy) is 1. The maximum absolute atomic E-state index is 8.71. The van der Waals surface area contributed by atoms with E-state index in [4.69, 9.17) is 21.4 Å². The van der Waals surface area contributed by atoms with E-state index in [1.165, 1.54) is 0 Å². The van der Waals surface area contributed by atoms with Gasteiger partial charge in [0.15, 0.2) is 0 Å². The Morgan fingerprint density at radius 3 is 2.79 bits per heavy atom. The number of aliphatic hydroxyl groups excluding tert-OH is 1. The van der Waals surface area contributed by atoms with Gasteiger partial charge in [0.2, 0.25) is 0 Å². The minimum absolute atomic E-state index is 0.181. The highest BCUT2D eigenvalue weighted by Crippen LogP contribution is 2.31. The standard InChI is InChI=1S/C10H12BrClO2/c1-14-10-6-9(12)7(3-2-4-13)5-8(10)11/h5-6,13H,2-4H2,1H3. The summed E-state index contributed by atoms with van der Waals surface area (Å²) >= 11 is 9.42. The minimum Gasteiger partial charge on any atom is -0.496 e. The van der Waals surface area contributed by atoms with E-state index in [0.29, 0.717) is 5.02 Å². The van der Waals surface area contributed by atoms with E-state index in [1.54, 1.807) is 13.2 Å². The summed E-state index contributed by atoms with van der Waals surface area (Å²) < 4.78 is 5.99. The van der Waals surface area contributed by atoms with Gasteiger partial charge in [-0.1, -0.05) is 11.6 Å². The Balaban J connectivity index is 2.90. The Kier molecular flexibility index (Phi) is 4.72. The highest BCUT2D eigenvalue weighted by molar-refractivity contribution is 9.10. The number of hydrogen-bond acceptors (Lipinski definition) is 2. The topological polar surface area (TPSA) is 29.5 Å². The van der Waals surface area contributed by atoms with Crippen LogP contribution in [0.15, 0.2) is 16.6 Å². The Bertz CT molecular complexity index is 315. The quantitative estimate of drug-likeness (QED) is 0.918. The number of benzene rings is 1. The van der Waals surface area contributed by atoms with Crippen molar-refractivity contribution in [3.8, 4) is 5.75 Å². The molecule has 1 aromatic carbocycles.